The van der Waals surface area contributed by atoms with E-state index >= 15 is 0 Å². The largest absolute Gasteiger partial charge is 0.483 e. The van der Waals surface area contributed by atoms with Crippen molar-refractivity contribution < 1.29 is 18.7 Å². The zero-order valence-electron chi connectivity index (χ0n) is 17.0. The molecule has 3 aromatic rings. The van der Waals surface area contributed by atoms with Crippen molar-refractivity contribution in [2.75, 3.05) is 16.8 Å². The second kappa shape index (κ2) is 9.89. The number of para-hydroxylation sites is 1. The van der Waals surface area contributed by atoms with Gasteiger partial charge in [-0.25, -0.2) is 4.39 Å². The minimum atomic E-state index is -0.432. The van der Waals surface area contributed by atoms with Crippen LogP contribution in [0.5, 0.6) is 5.75 Å². The molecule has 2 N–H and O–H groups in total. The fourth-order valence-corrected chi connectivity index (χ4v) is 4.11. The number of hydrogen-bond donors (Lipinski definition) is 2. The highest BCUT2D eigenvalue weighted by molar-refractivity contribution is 8.19. The van der Waals surface area contributed by atoms with Crippen LogP contribution in [0.2, 0.25) is 5.02 Å². The standard InChI is InChI=1S/C24H17ClFN3O3S/c25-16-6-11-20(32-14-22(30)28-18-9-7-17(26)8-10-18)15(12-16)13-21-23(31)29(24(27)33-21)19-4-2-1-3-5-19/h1-13,27H,14H2,(H,28,30)/b21-13-,27-24?. The summed E-state index contributed by atoms with van der Waals surface area (Å²) < 4.78 is 18.7. The zero-order valence-corrected chi connectivity index (χ0v) is 18.6. The Kier molecular flexibility index (Phi) is 6.76. The molecule has 4 rings (SSSR count). The van der Waals surface area contributed by atoms with Gasteiger partial charge < -0.3 is 10.1 Å². The molecule has 0 atom stereocenters. The number of anilines is 2. The lowest BCUT2D eigenvalue weighted by atomic mass is 10.1. The van der Waals surface area contributed by atoms with Crippen LogP contribution >= 0.6 is 23.4 Å². The van der Waals surface area contributed by atoms with E-state index in [1.54, 1.807) is 48.5 Å². The molecule has 0 spiro atoms. The number of amidine groups is 1. The van der Waals surface area contributed by atoms with Crippen LogP contribution in [0, 0.1) is 11.2 Å². The molecule has 3 aromatic carbocycles. The number of carbonyl (C=O) groups is 2. The first kappa shape index (κ1) is 22.6. The molecule has 0 aliphatic carbocycles. The average molecular weight is 482 g/mol. The Bertz CT molecular complexity index is 1250. The lowest BCUT2D eigenvalue weighted by Crippen LogP contribution is -2.27. The highest BCUT2D eigenvalue weighted by Gasteiger charge is 2.33. The van der Waals surface area contributed by atoms with Crippen molar-refractivity contribution in [3.63, 3.8) is 0 Å². The zero-order chi connectivity index (χ0) is 23.4. The summed E-state index contributed by atoms with van der Waals surface area (Å²) in [6.07, 6.45) is 1.59. The Hall–Kier alpha value is -3.62. The molecule has 0 radical (unpaired) electrons. The number of rotatable bonds is 6. The van der Waals surface area contributed by atoms with Crippen LogP contribution in [0.4, 0.5) is 15.8 Å². The third-order valence-corrected chi connectivity index (χ3v) is 5.71. The second-order valence-corrected chi connectivity index (χ2v) is 8.38. The molecule has 1 aliphatic heterocycles. The molecular formula is C24H17ClFN3O3S. The maximum atomic E-state index is 13.0. The third kappa shape index (κ3) is 5.42. The molecule has 2 amide bonds. The number of nitrogens with zero attached hydrogens (tertiary/aromatic N) is 1. The van der Waals surface area contributed by atoms with Crippen LogP contribution in [0.15, 0.2) is 77.7 Å². The van der Waals surface area contributed by atoms with Gasteiger partial charge in [-0.2, -0.15) is 0 Å². The van der Waals surface area contributed by atoms with Gasteiger partial charge in [-0.15, -0.1) is 0 Å². The van der Waals surface area contributed by atoms with E-state index in [0.29, 0.717) is 32.6 Å². The summed E-state index contributed by atoms with van der Waals surface area (Å²) in [5.74, 6) is -0.824. The normalized spacial score (nSPS) is 14.6. The van der Waals surface area contributed by atoms with Crippen molar-refractivity contribution in [1.82, 2.24) is 0 Å². The summed E-state index contributed by atoms with van der Waals surface area (Å²) >= 11 is 7.16. The number of thioether (sulfide) groups is 1. The lowest BCUT2D eigenvalue weighted by Gasteiger charge is -2.13. The molecule has 6 nitrogen and oxygen atoms in total. The quantitative estimate of drug-likeness (QED) is 0.452. The molecule has 0 aromatic heterocycles. The fraction of sp³-hybridized carbons (Fsp3) is 0.0417. The number of halogens is 2. The summed E-state index contributed by atoms with van der Waals surface area (Å²) in [7, 11) is 0. The van der Waals surface area contributed by atoms with Gasteiger partial charge in [-0.3, -0.25) is 19.9 Å². The summed E-state index contributed by atoms with van der Waals surface area (Å²) in [6.45, 7) is -0.303. The summed E-state index contributed by atoms with van der Waals surface area (Å²) in [6, 6.07) is 19.1. The molecule has 33 heavy (non-hydrogen) atoms. The van der Waals surface area contributed by atoms with Crippen LogP contribution < -0.4 is 15.0 Å². The first-order chi connectivity index (χ1) is 15.9. The smallest absolute Gasteiger partial charge is 0.271 e. The molecule has 166 valence electrons. The predicted octanol–water partition coefficient (Wildman–Crippen LogP) is 5.55. The molecule has 1 saturated heterocycles. The van der Waals surface area contributed by atoms with Gasteiger partial charge in [0.15, 0.2) is 11.8 Å². The van der Waals surface area contributed by atoms with Crippen molar-refractivity contribution in [1.29, 1.82) is 5.41 Å². The monoisotopic (exact) mass is 481 g/mol. The highest BCUT2D eigenvalue weighted by Crippen LogP contribution is 2.36. The maximum Gasteiger partial charge on any atom is 0.271 e. The van der Waals surface area contributed by atoms with Crippen molar-refractivity contribution in [2.45, 2.75) is 0 Å². The molecule has 1 fully saturated rings. The van der Waals surface area contributed by atoms with Gasteiger partial charge in [-0.1, -0.05) is 29.8 Å². The molecular weight excluding hydrogens is 465 g/mol. The van der Waals surface area contributed by atoms with Crippen molar-refractivity contribution in [2.24, 2.45) is 0 Å². The van der Waals surface area contributed by atoms with Crippen LogP contribution in [-0.2, 0) is 9.59 Å². The van der Waals surface area contributed by atoms with Crippen LogP contribution in [0.3, 0.4) is 0 Å². The fourth-order valence-electron chi connectivity index (χ4n) is 3.08. The number of benzene rings is 3. The predicted molar refractivity (Wildman–Crippen MR) is 129 cm³/mol. The van der Waals surface area contributed by atoms with Crippen molar-refractivity contribution in [3.8, 4) is 5.75 Å². The van der Waals surface area contributed by atoms with Crippen LogP contribution in [-0.4, -0.2) is 23.6 Å². The SMILES string of the molecule is N=C1S/C(=C\c2cc(Cl)ccc2OCC(=O)Nc2ccc(F)cc2)C(=O)N1c1ccccc1. The number of carbonyl (C=O) groups excluding carboxylic acids is 2. The molecule has 1 aliphatic rings. The minimum Gasteiger partial charge on any atom is -0.483 e. The van der Waals surface area contributed by atoms with E-state index in [0.717, 1.165) is 11.8 Å². The molecule has 0 saturated carbocycles. The van der Waals surface area contributed by atoms with E-state index in [-0.39, 0.29) is 17.7 Å². The van der Waals surface area contributed by atoms with Crippen molar-refractivity contribution >= 4 is 57.8 Å². The Morgan fingerprint density at radius 2 is 1.85 bits per heavy atom. The Balaban J connectivity index is 1.50. The Morgan fingerprint density at radius 3 is 2.58 bits per heavy atom. The Labute approximate surface area is 198 Å². The summed E-state index contributed by atoms with van der Waals surface area (Å²) in [5, 5.41) is 11.3. The molecule has 0 bridgehead atoms. The first-order valence-corrected chi connectivity index (χ1v) is 11.0. The van der Waals surface area contributed by atoms with Gasteiger partial charge in [0.25, 0.3) is 11.8 Å². The van der Waals surface area contributed by atoms with E-state index in [9.17, 15) is 14.0 Å². The van der Waals surface area contributed by atoms with Crippen LogP contribution in [0.25, 0.3) is 6.08 Å². The molecule has 0 unspecified atom stereocenters. The van der Waals surface area contributed by atoms with Gasteiger partial charge >= 0.3 is 0 Å². The maximum absolute atomic E-state index is 13.0. The van der Waals surface area contributed by atoms with Crippen molar-refractivity contribution in [3.05, 3.63) is 94.1 Å². The third-order valence-electron chi connectivity index (χ3n) is 4.58. The van der Waals surface area contributed by atoms with E-state index in [2.05, 4.69) is 5.32 Å². The van der Waals surface area contributed by atoms with Gasteiger partial charge in [0.1, 0.15) is 11.6 Å². The van der Waals surface area contributed by atoms with E-state index in [4.69, 9.17) is 21.7 Å². The minimum absolute atomic E-state index is 0.0839. The Morgan fingerprint density at radius 1 is 1.12 bits per heavy atom. The topological polar surface area (TPSA) is 82.5 Å². The number of hydrogen-bond acceptors (Lipinski definition) is 5. The molecule has 9 heteroatoms. The lowest BCUT2D eigenvalue weighted by molar-refractivity contribution is -0.118. The highest BCUT2D eigenvalue weighted by atomic mass is 35.5. The first-order valence-electron chi connectivity index (χ1n) is 9.76. The van der Waals surface area contributed by atoms with Gasteiger partial charge in [0.05, 0.1) is 10.6 Å². The number of ether oxygens (including phenoxy) is 1. The molecule has 1 heterocycles. The number of amides is 2. The van der Waals surface area contributed by atoms with Crippen LogP contribution in [0.1, 0.15) is 5.56 Å². The van der Waals surface area contributed by atoms with Gasteiger partial charge in [0.2, 0.25) is 0 Å². The second-order valence-electron chi connectivity index (χ2n) is 6.92. The van der Waals surface area contributed by atoms with Gasteiger partial charge in [-0.05, 0) is 72.4 Å². The summed E-state index contributed by atoms with van der Waals surface area (Å²) in [5.41, 5.74) is 1.54. The summed E-state index contributed by atoms with van der Waals surface area (Å²) in [4.78, 5) is 26.8. The van der Waals surface area contributed by atoms with E-state index in [1.807, 2.05) is 6.07 Å². The average Bonchev–Trinajstić information content (AvgIpc) is 3.08. The van der Waals surface area contributed by atoms with E-state index in [1.165, 1.54) is 29.2 Å². The van der Waals surface area contributed by atoms with Gasteiger partial charge in [0, 0.05) is 16.3 Å². The number of nitrogens with one attached hydrogen (secondary N) is 2. The van der Waals surface area contributed by atoms with E-state index < -0.39 is 11.7 Å².